The number of carbonyl (C=O) groups is 1. The molecular weight excluding hydrogens is 517 g/mol. The number of aryl methyl sites for hydroxylation is 2. The van der Waals surface area contributed by atoms with Crippen molar-refractivity contribution in [1.29, 1.82) is 0 Å². The molecule has 3 atom stereocenters. The van der Waals surface area contributed by atoms with E-state index in [0.717, 1.165) is 54.8 Å². The Morgan fingerprint density at radius 1 is 0.976 bits per heavy atom. The van der Waals surface area contributed by atoms with Gasteiger partial charge in [0.1, 0.15) is 25.1 Å². The molecule has 0 radical (unpaired) electrons. The van der Waals surface area contributed by atoms with Gasteiger partial charge in [0.05, 0.1) is 6.42 Å². The van der Waals surface area contributed by atoms with Gasteiger partial charge in [-0.25, -0.2) is 4.39 Å². The topological polar surface area (TPSA) is 75.5 Å². The summed E-state index contributed by atoms with van der Waals surface area (Å²) < 4.78 is 21.2. The number of nitrogens with zero attached hydrogens (tertiary/aromatic N) is 1. The Balaban J connectivity index is 1.10. The molecule has 0 unspecified atom stereocenters. The number of para-hydroxylation sites is 1. The molecule has 5 rings (SSSR count). The first-order chi connectivity index (χ1) is 20.1. The van der Waals surface area contributed by atoms with Crippen molar-refractivity contribution in [2.24, 2.45) is 0 Å². The van der Waals surface area contributed by atoms with Crippen LogP contribution < -0.4 is 15.4 Å². The van der Waals surface area contributed by atoms with Crippen LogP contribution in [0, 0.1) is 0 Å². The van der Waals surface area contributed by atoms with Gasteiger partial charge < -0.3 is 25.0 Å². The normalized spacial score (nSPS) is 17.3. The van der Waals surface area contributed by atoms with E-state index < -0.39 is 12.8 Å². The number of nitrogens with one attached hydrogen (secondary N) is 2. The third-order valence-corrected chi connectivity index (χ3v) is 7.71. The number of ether oxygens (including phenoxy) is 1. The third kappa shape index (κ3) is 8.28. The summed E-state index contributed by atoms with van der Waals surface area (Å²) in [6, 6.07) is 27.3. The highest BCUT2D eigenvalue weighted by atomic mass is 19.1. The second-order valence-corrected chi connectivity index (χ2v) is 10.8. The molecule has 1 fully saturated rings. The number of aliphatic hydroxyl groups is 1. The van der Waals surface area contributed by atoms with Gasteiger partial charge >= 0.3 is 0 Å². The van der Waals surface area contributed by atoms with Crippen molar-refractivity contribution in [3.63, 3.8) is 0 Å². The van der Waals surface area contributed by atoms with E-state index in [1.54, 1.807) is 12.1 Å². The van der Waals surface area contributed by atoms with E-state index in [2.05, 4.69) is 15.2 Å². The fourth-order valence-electron chi connectivity index (χ4n) is 5.46. The molecule has 0 bridgehead atoms. The van der Waals surface area contributed by atoms with Crippen LogP contribution in [0.25, 0.3) is 0 Å². The first-order valence-corrected chi connectivity index (χ1v) is 14.3. The molecule has 1 aliphatic rings. The van der Waals surface area contributed by atoms with E-state index in [-0.39, 0.29) is 31.0 Å². The summed E-state index contributed by atoms with van der Waals surface area (Å²) in [4.78, 5) is 12.9. The minimum Gasteiger partial charge on any atom is -0.491 e. The summed E-state index contributed by atoms with van der Waals surface area (Å²) in [5.41, 5.74) is 4.40. The molecule has 41 heavy (non-hydrogen) atoms. The zero-order valence-electron chi connectivity index (χ0n) is 23.2. The molecule has 6 nitrogen and oxygen atoms in total. The Bertz CT molecular complexity index is 1380. The number of hydrogen-bond donors (Lipinski definition) is 3. The minimum absolute atomic E-state index is 0.00587. The average Bonchev–Trinajstić information content (AvgIpc) is 3.69. The lowest BCUT2D eigenvalue weighted by atomic mass is 9.98. The Labute approximate surface area is 241 Å². The number of aliphatic hydroxyl groups excluding tert-OH is 1. The SMILES string of the molecule is O=C(Cc1cc(CF)ccc1CCn1cccc1)Nc1ccc(C[C@@H]2CC[C@H]([C@H](O)COc3ccccc3)N2)cc1. The fourth-order valence-corrected chi connectivity index (χ4v) is 5.46. The Hall–Kier alpha value is -3.94. The molecule has 1 aliphatic heterocycles. The number of carbonyl (C=O) groups excluding carboxylic acids is 1. The van der Waals surface area contributed by atoms with E-state index in [0.29, 0.717) is 5.56 Å². The smallest absolute Gasteiger partial charge is 0.228 e. The van der Waals surface area contributed by atoms with Gasteiger partial charge in [-0.1, -0.05) is 48.5 Å². The number of hydrogen-bond acceptors (Lipinski definition) is 4. The van der Waals surface area contributed by atoms with Gasteiger partial charge in [-0.3, -0.25) is 4.79 Å². The van der Waals surface area contributed by atoms with Crippen LogP contribution in [0.3, 0.4) is 0 Å². The van der Waals surface area contributed by atoms with Crippen LogP contribution in [0.5, 0.6) is 5.75 Å². The van der Waals surface area contributed by atoms with Gasteiger partial charge in [0, 0.05) is 36.7 Å². The summed E-state index contributed by atoms with van der Waals surface area (Å²) in [5, 5.41) is 17.1. The summed E-state index contributed by atoms with van der Waals surface area (Å²) in [6.07, 6.45) is 7.14. The quantitative estimate of drug-likeness (QED) is 0.204. The Morgan fingerprint density at radius 3 is 2.49 bits per heavy atom. The number of alkyl halides is 1. The summed E-state index contributed by atoms with van der Waals surface area (Å²) in [5.74, 6) is 0.637. The number of anilines is 1. The predicted molar refractivity (Wildman–Crippen MR) is 160 cm³/mol. The van der Waals surface area contributed by atoms with E-state index in [9.17, 15) is 14.3 Å². The molecule has 1 saturated heterocycles. The van der Waals surface area contributed by atoms with Crippen LogP contribution in [0.15, 0.2) is 97.3 Å². The summed E-state index contributed by atoms with van der Waals surface area (Å²) in [6.45, 7) is 0.509. The van der Waals surface area contributed by atoms with Crippen LogP contribution in [-0.2, 0) is 37.3 Å². The van der Waals surface area contributed by atoms with E-state index in [1.165, 1.54) is 5.56 Å². The van der Waals surface area contributed by atoms with Gasteiger partial charge in [-0.15, -0.1) is 0 Å². The maximum atomic E-state index is 13.3. The lowest BCUT2D eigenvalue weighted by molar-refractivity contribution is -0.115. The highest BCUT2D eigenvalue weighted by molar-refractivity contribution is 5.92. The zero-order valence-corrected chi connectivity index (χ0v) is 23.2. The average molecular weight is 556 g/mol. The zero-order chi connectivity index (χ0) is 28.4. The molecule has 0 saturated carbocycles. The van der Waals surface area contributed by atoms with E-state index in [1.807, 2.05) is 85.2 Å². The lowest BCUT2D eigenvalue weighted by Crippen LogP contribution is -2.42. The maximum absolute atomic E-state index is 13.3. The van der Waals surface area contributed by atoms with Gasteiger partial charge in [-0.2, -0.15) is 0 Å². The third-order valence-electron chi connectivity index (χ3n) is 7.71. The summed E-state index contributed by atoms with van der Waals surface area (Å²) in [7, 11) is 0. The molecule has 3 aromatic carbocycles. The largest absolute Gasteiger partial charge is 0.491 e. The molecule has 4 aromatic rings. The Morgan fingerprint density at radius 2 is 1.73 bits per heavy atom. The second kappa shape index (κ2) is 14.1. The van der Waals surface area contributed by atoms with E-state index in [4.69, 9.17) is 4.74 Å². The minimum atomic E-state index is -0.571. The highest BCUT2D eigenvalue weighted by Crippen LogP contribution is 2.22. The maximum Gasteiger partial charge on any atom is 0.228 e. The van der Waals surface area contributed by atoms with Crippen LogP contribution >= 0.6 is 0 Å². The predicted octanol–water partition coefficient (Wildman–Crippen LogP) is 5.48. The van der Waals surface area contributed by atoms with Crippen molar-refractivity contribution in [3.05, 3.63) is 120 Å². The molecule has 7 heteroatoms. The second-order valence-electron chi connectivity index (χ2n) is 10.8. The molecule has 214 valence electrons. The molecule has 1 aromatic heterocycles. The molecule has 0 aliphatic carbocycles. The van der Waals surface area contributed by atoms with Crippen LogP contribution in [0.4, 0.5) is 10.1 Å². The molecular formula is C34H38FN3O3. The van der Waals surface area contributed by atoms with Crippen LogP contribution in [0.1, 0.15) is 35.1 Å². The van der Waals surface area contributed by atoms with Crippen molar-refractivity contribution in [2.75, 3.05) is 11.9 Å². The van der Waals surface area contributed by atoms with Crippen molar-refractivity contribution in [2.45, 2.75) is 63.5 Å². The van der Waals surface area contributed by atoms with Crippen molar-refractivity contribution in [1.82, 2.24) is 9.88 Å². The number of rotatable bonds is 13. The number of benzene rings is 3. The van der Waals surface area contributed by atoms with Crippen LogP contribution in [-0.4, -0.2) is 40.4 Å². The van der Waals surface area contributed by atoms with E-state index >= 15 is 0 Å². The molecule has 3 N–H and O–H groups in total. The standard InChI is InChI=1S/C34H38FN3O3/c35-23-26-8-11-27(16-19-38-17-4-5-18-38)28(20-26)22-34(40)37-29-12-9-25(10-13-29)21-30-14-15-32(36-30)33(39)24-41-31-6-2-1-3-7-31/h1-13,17-18,20,30,32-33,36,39H,14-16,19,21-24H2,(H,37,40)/t30-,32+,33+/m0/s1. The highest BCUT2D eigenvalue weighted by Gasteiger charge is 2.29. The van der Waals surface area contributed by atoms with Gasteiger partial charge in [0.25, 0.3) is 0 Å². The molecule has 0 spiro atoms. The Kier molecular flexibility index (Phi) is 9.83. The van der Waals surface area contributed by atoms with Crippen molar-refractivity contribution < 1.29 is 19.0 Å². The van der Waals surface area contributed by atoms with Gasteiger partial charge in [-0.05, 0) is 84.3 Å². The monoisotopic (exact) mass is 555 g/mol. The molecule has 1 amide bonds. The molecule has 2 heterocycles. The number of aromatic nitrogens is 1. The number of amides is 1. The summed E-state index contributed by atoms with van der Waals surface area (Å²) >= 11 is 0. The van der Waals surface area contributed by atoms with Crippen LogP contribution in [0.2, 0.25) is 0 Å². The number of halogens is 1. The van der Waals surface area contributed by atoms with Gasteiger partial charge in [0.15, 0.2) is 0 Å². The van der Waals surface area contributed by atoms with Gasteiger partial charge in [0.2, 0.25) is 5.91 Å². The first kappa shape index (κ1) is 28.6. The fraction of sp³-hybridized carbons (Fsp3) is 0.324. The lowest BCUT2D eigenvalue weighted by Gasteiger charge is -2.20. The van der Waals surface area contributed by atoms with Crippen molar-refractivity contribution in [3.8, 4) is 5.75 Å². The van der Waals surface area contributed by atoms with Crippen molar-refractivity contribution >= 4 is 11.6 Å². The first-order valence-electron chi connectivity index (χ1n) is 14.3.